The van der Waals surface area contributed by atoms with Crippen LogP contribution in [0.5, 0.6) is 0 Å². The molecular formula is C20H19Cl2FN2O4S. The molecule has 2 fully saturated rings. The summed E-state index contributed by atoms with van der Waals surface area (Å²) in [6.07, 6.45) is 2.14. The summed E-state index contributed by atoms with van der Waals surface area (Å²) in [5, 5.41) is 2.71. The molecule has 10 heteroatoms. The lowest BCUT2D eigenvalue weighted by Crippen LogP contribution is -2.26. The van der Waals surface area contributed by atoms with Crippen LogP contribution >= 0.6 is 23.2 Å². The average Bonchev–Trinajstić information content (AvgIpc) is 3.32. The van der Waals surface area contributed by atoms with Gasteiger partial charge < -0.3 is 10.1 Å². The number of amides is 1. The summed E-state index contributed by atoms with van der Waals surface area (Å²) in [6.45, 7) is 0.892. The largest absolute Gasteiger partial charge is 0.374 e. The minimum atomic E-state index is -3.53. The summed E-state index contributed by atoms with van der Waals surface area (Å²) in [6, 6.07) is 7.40. The maximum absolute atomic E-state index is 14.4. The van der Waals surface area contributed by atoms with Crippen LogP contribution in [0.4, 0.5) is 15.8 Å². The number of sulfonamides is 1. The highest BCUT2D eigenvalue weighted by Gasteiger charge is 2.30. The Labute approximate surface area is 184 Å². The number of hydrogen-bond acceptors (Lipinski definition) is 4. The highest BCUT2D eigenvalue weighted by molar-refractivity contribution is 7.93. The number of ether oxygens (including phenoxy) is 1. The lowest BCUT2D eigenvalue weighted by molar-refractivity contribution is 0.102. The van der Waals surface area contributed by atoms with E-state index < -0.39 is 21.7 Å². The van der Waals surface area contributed by atoms with Crippen molar-refractivity contribution in [3.8, 4) is 0 Å². The molecule has 1 amide bonds. The number of nitrogens with zero attached hydrogens (tertiary/aromatic N) is 1. The molecule has 0 radical (unpaired) electrons. The molecule has 4 rings (SSSR count). The minimum absolute atomic E-state index is 0.0205. The molecular weight excluding hydrogens is 454 g/mol. The van der Waals surface area contributed by atoms with Crippen molar-refractivity contribution < 1.29 is 22.3 Å². The molecule has 2 aliphatic rings. The van der Waals surface area contributed by atoms with Crippen molar-refractivity contribution in [2.75, 3.05) is 28.5 Å². The van der Waals surface area contributed by atoms with Gasteiger partial charge in [-0.1, -0.05) is 23.2 Å². The van der Waals surface area contributed by atoms with Crippen LogP contribution < -0.4 is 9.62 Å². The molecule has 0 aliphatic carbocycles. The third-order valence-corrected chi connectivity index (χ3v) is 7.60. The van der Waals surface area contributed by atoms with Crippen molar-refractivity contribution in [2.24, 2.45) is 0 Å². The number of nitrogens with one attached hydrogen (secondary N) is 1. The maximum Gasteiger partial charge on any atom is 0.257 e. The molecule has 6 nitrogen and oxygen atoms in total. The zero-order valence-electron chi connectivity index (χ0n) is 15.8. The van der Waals surface area contributed by atoms with Gasteiger partial charge in [-0.05, 0) is 55.2 Å². The molecule has 2 aromatic carbocycles. The van der Waals surface area contributed by atoms with E-state index in [9.17, 15) is 17.6 Å². The van der Waals surface area contributed by atoms with Crippen LogP contribution in [0.1, 0.15) is 41.3 Å². The molecule has 2 aromatic rings. The molecule has 0 unspecified atom stereocenters. The predicted octanol–water partition coefficient (Wildman–Crippen LogP) is 4.78. The van der Waals surface area contributed by atoms with Crippen molar-refractivity contribution in [1.82, 2.24) is 0 Å². The second kappa shape index (κ2) is 8.34. The van der Waals surface area contributed by atoms with E-state index in [1.165, 1.54) is 6.07 Å². The fraction of sp³-hybridized carbons (Fsp3) is 0.350. The van der Waals surface area contributed by atoms with Gasteiger partial charge in [0.25, 0.3) is 5.91 Å². The normalized spacial score (nSPS) is 20.5. The fourth-order valence-corrected chi connectivity index (χ4v) is 5.71. The molecule has 1 atom stereocenters. The van der Waals surface area contributed by atoms with Gasteiger partial charge in [0.15, 0.2) is 0 Å². The topological polar surface area (TPSA) is 75.7 Å². The van der Waals surface area contributed by atoms with Crippen LogP contribution in [-0.4, -0.2) is 33.2 Å². The van der Waals surface area contributed by atoms with Crippen LogP contribution in [0.3, 0.4) is 0 Å². The Kier molecular flexibility index (Phi) is 5.94. The molecule has 160 valence electrons. The number of halogens is 3. The van der Waals surface area contributed by atoms with E-state index in [-0.39, 0.29) is 34.7 Å². The first kappa shape index (κ1) is 21.4. The van der Waals surface area contributed by atoms with Gasteiger partial charge in [-0.2, -0.15) is 0 Å². The van der Waals surface area contributed by atoms with E-state index in [0.717, 1.165) is 28.8 Å². The van der Waals surface area contributed by atoms with Crippen LogP contribution in [0.2, 0.25) is 10.0 Å². The molecule has 0 aromatic heterocycles. The van der Waals surface area contributed by atoms with Gasteiger partial charge >= 0.3 is 0 Å². The highest BCUT2D eigenvalue weighted by atomic mass is 35.5. The fourth-order valence-electron chi connectivity index (χ4n) is 3.72. The van der Waals surface area contributed by atoms with Crippen molar-refractivity contribution in [2.45, 2.75) is 25.4 Å². The number of carbonyl (C=O) groups is 1. The molecule has 2 heterocycles. The number of benzene rings is 2. The quantitative estimate of drug-likeness (QED) is 0.694. The van der Waals surface area contributed by atoms with Crippen molar-refractivity contribution >= 4 is 50.5 Å². The van der Waals surface area contributed by atoms with Crippen molar-refractivity contribution in [1.29, 1.82) is 0 Å². The van der Waals surface area contributed by atoms with Crippen molar-refractivity contribution in [3.05, 3.63) is 57.3 Å². The minimum Gasteiger partial charge on any atom is -0.374 e. The first-order chi connectivity index (χ1) is 14.2. The van der Waals surface area contributed by atoms with Gasteiger partial charge in [-0.25, -0.2) is 12.8 Å². The van der Waals surface area contributed by atoms with E-state index in [4.69, 9.17) is 27.9 Å². The summed E-state index contributed by atoms with van der Waals surface area (Å²) in [4.78, 5) is 12.9. The van der Waals surface area contributed by atoms with Gasteiger partial charge in [-0.3, -0.25) is 9.10 Å². The standard InChI is InChI=1S/C20H19Cl2FN2O4S/c21-13-7-12(18-3-1-5-29-18)8-14(9-13)24-20(26)16-10-15(11-17(23)19(16)22)25-4-2-6-30(25,27)28/h7-11,18H,1-6H2,(H,24,26)/t18-/m1/s1. The summed E-state index contributed by atoms with van der Waals surface area (Å²) < 4.78 is 45.5. The zero-order chi connectivity index (χ0) is 21.5. The third kappa shape index (κ3) is 4.27. The van der Waals surface area contributed by atoms with E-state index in [1.807, 2.05) is 0 Å². The molecule has 2 saturated heterocycles. The monoisotopic (exact) mass is 472 g/mol. The summed E-state index contributed by atoms with van der Waals surface area (Å²) in [5.74, 6) is -1.56. The SMILES string of the molecule is O=C(Nc1cc(Cl)cc([C@H]2CCCO2)c1)c1cc(N2CCCS2(=O)=O)cc(F)c1Cl. The van der Waals surface area contributed by atoms with Crippen LogP contribution in [0, 0.1) is 5.82 Å². The molecule has 0 bridgehead atoms. The maximum atomic E-state index is 14.4. The first-order valence-electron chi connectivity index (χ1n) is 9.47. The van der Waals surface area contributed by atoms with E-state index in [2.05, 4.69) is 5.32 Å². The van der Waals surface area contributed by atoms with Gasteiger partial charge in [0.2, 0.25) is 10.0 Å². The number of hydrogen-bond donors (Lipinski definition) is 1. The van der Waals surface area contributed by atoms with Crippen LogP contribution in [0.15, 0.2) is 30.3 Å². The van der Waals surface area contributed by atoms with Gasteiger partial charge in [-0.15, -0.1) is 0 Å². The predicted molar refractivity (Wildman–Crippen MR) is 114 cm³/mol. The number of anilines is 2. The Bertz CT molecular complexity index is 1100. The first-order valence-corrected chi connectivity index (χ1v) is 11.8. The Morgan fingerprint density at radius 2 is 1.97 bits per heavy atom. The van der Waals surface area contributed by atoms with E-state index >= 15 is 0 Å². The van der Waals surface area contributed by atoms with Gasteiger partial charge in [0.1, 0.15) is 5.82 Å². The molecule has 30 heavy (non-hydrogen) atoms. The number of carbonyl (C=O) groups excluding carboxylic acids is 1. The summed E-state index contributed by atoms with van der Waals surface area (Å²) in [7, 11) is -3.53. The second-order valence-corrected chi connectivity index (χ2v) is 10.1. The zero-order valence-corrected chi connectivity index (χ0v) is 18.2. The second-order valence-electron chi connectivity index (χ2n) is 7.26. The van der Waals surface area contributed by atoms with Gasteiger partial charge in [0.05, 0.1) is 28.1 Å². The molecule has 0 spiro atoms. The Morgan fingerprint density at radius 3 is 2.63 bits per heavy atom. The lowest BCUT2D eigenvalue weighted by Gasteiger charge is -2.19. The van der Waals surface area contributed by atoms with Crippen molar-refractivity contribution in [3.63, 3.8) is 0 Å². The highest BCUT2D eigenvalue weighted by Crippen LogP contribution is 2.34. The van der Waals surface area contributed by atoms with E-state index in [1.54, 1.807) is 18.2 Å². The van der Waals surface area contributed by atoms with E-state index in [0.29, 0.717) is 23.7 Å². The Balaban J connectivity index is 1.64. The Hall–Kier alpha value is -1.87. The summed E-state index contributed by atoms with van der Waals surface area (Å²) >= 11 is 12.2. The molecule has 0 saturated carbocycles. The Morgan fingerprint density at radius 1 is 1.17 bits per heavy atom. The summed E-state index contributed by atoms with van der Waals surface area (Å²) in [5.41, 5.74) is 1.16. The average molecular weight is 473 g/mol. The van der Waals surface area contributed by atoms with Gasteiger partial charge in [0, 0.05) is 23.9 Å². The smallest absolute Gasteiger partial charge is 0.257 e. The van der Waals surface area contributed by atoms with Crippen LogP contribution in [-0.2, 0) is 14.8 Å². The third-order valence-electron chi connectivity index (χ3n) is 5.12. The van der Waals surface area contributed by atoms with Crippen LogP contribution in [0.25, 0.3) is 0 Å². The lowest BCUT2D eigenvalue weighted by atomic mass is 10.1. The number of rotatable bonds is 4. The molecule has 1 N–H and O–H groups in total. The molecule has 2 aliphatic heterocycles.